The number of allylic oxidation sites excluding steroid dienone is 1. The van der Waals surface area contributed by atoms with Gasteiger partial charge in [-0.1, -0.05) is 67.8 Å². The molecule has 0 spiro atoms. The molecule has 0 unspecified atom stereocenters. The Bertz CT molecular complexity index is 1310. The van der Waals surface area contributed by atoms with Crippen LogP contribution < -0.4 is 4.74 Å². The Hall–Kier alpha value is -3.26. The van der Waals surface area contributed by atoms with Gasteiger partial charge in [0.1, 0.15) is 5.75 Å². The highest BCUT2D eigenvalue weighted by atomic mass is 16.5. The normalized spacial score (nSPS) is 16.2. The lowest BCUT2D eigenvalue weighted by Crippen LogP contribution is -2.07. The number of hydrogen-bond donors (Lipinski definition) is 0. The van der Waals surface area contributed by atoms with Crippen molar-refractivity contribution in [2.24, 2.45) is 0 Å². The van der Waals surface area contributed by atoms with Crippen molar-refractivity contribution in [2.45, 2.75) is 44.6 Å². The molecule has 1 fully saturated rings. The second kappa shape index (κ2) is 8.02. The molecule has 1 aliphatic heterocycles. The van der Waals surface area contributed by atoms with Crippen molar-refractivity contribution < 1.29 is 4.74 Å². The fourth-order valence-electron chi connectivity index (χ4n) is 5.82. The minimum absolute atomic E-state index is 0.637. The van der Waals surface area contributed by atoms with Gasteiger partial charge in [0.25, 0.3) is 0 Å². The van der Waals surface area contributed by atoms with E-state index in [1.165, 1.54) is 71.0 Å². The van der Waals surface area contributed by atoms with Crippen LogP contribution in [0.2, 0.25) is 0 Å². The topological polar surface area (TPSA) is 14.2 Å². The van der Waals surface area contributed by atoms with E-state index in [2.05, 4.69) is 83.4 Å². The summed E-state index contributed by atoms with van der Waals surface area (Å²) in [6.45, 7) is 0.879. The highest BCUT2D eigenvalue weighted by Gasteiger charge is 2.29. The molecule has 0 atom stereocenters. The van der Waals surface area contributed by atoms with E-state index in [0.29, 0.717) is 5.92 Å². The molecule has 2 nitrogen and oxygen atoms in total. The van der Waals surface area contributed by atoms with E-state index in [1.54, 1.807) is 12.7 Å². The molecule has 3 aromatic carbocycles. The van der Waals surface area contributed by atoms with E-state index in [4.69, 9.17) is 4.74 Å². The average Bonchev–Trinajstić information content (AvgIpc) is 3.08. The number of rotatable bonds is 3. The van der Waals surface area contributed by atoms with E-state index < -0.39 is 0 Å². The van der Waals surface area contributed by atoms with Gasteiger partial charge in [0.15, 0.2) is 0 Å². The lowest BCUT2D eigenvalue weighted by molar-refractivity contribution is 0.415. The van der Waals surface area contributed by atoms with Gasteiger partial charge < -0.3 is 9.30 Å². The van der Waals surface area contributed by atoms with Gasteiger partial charge in [0.05, 0.1) is 12.8 Å². The fourth-order valence-corrected chi connectivity index (χ4v) is 5.82. The first kappa shape index (κ1) is 19.4. The molecule has 2 heterocycles. The number of hydrogen-bond acceptors (Lipinski definition) is 1. The third kappa shape index (κ3) is 3.17. The molecule has 0 amide bonds. The first-order valence-corrected chi connectivity index (χ1v) is 11.9. The molecule has 160 valence electrons. The maximum absolute atomic E-state index is 5.62. The van der Waals surface area contributed by atoms with Crippen LogP contribution in [-0.4, -0.2) is 11.7 Å². The number of aromatic nitrogens is 1. The summed E-state index contributed by atoms with van der Waals surface area (Å²) in [5.74, 6) is 1.55. The molecular formula is C30H29NO. The van der Waals surface area contributed by atoms with Crippen LogP contribution in [0.4, 0.5) is 0 Å². The van der Waals surface area contributed by atoms with Gasteiger partial charge in [-0.15, -0.1) is 0 Å². The van der Waals surface area contributed by atoms with Crippen molar-refractivity contribution in [1.82, 2.24) is 4.57 Å². The number of methoxy groups -OCH3 is 1. The molecule has 0 radical (unpaired) electrons. The summed E-state index contributed by atoms with van der Waals surface area (Å²) < 4.78 is 8.20. The Morgan fingerprint density at radius 2 is 1.62 bits per heavy atom. The maximum Gasteiger partial charge on any atom is 0.119 e. The van der Waals surface area contributed by atoms with E-state index in [9.17, 15) is 0 Å². The molecule has 2 aliphatic rings. The van der Waals surface area contributed by atoms with Crippen molar-refractivity contribution in [3.8, 4) is 17.0 Å². The minimum atomic E-state index is 0.637. The zero-order valence-electron chi connectivity index (χ0n) is 18.7. The standard InChI is InChI=1S/C30H29NO/c1-32-25-16-17-26-23(19-25)18-24(21-10-4-2-5-11-21)20-31-28-15-9-8-14-27(28)29(30(26)31)22-12-6-3-7-13-22/h2,4-5,8-11,14-19,22H,3,6-7,12-13,20H2,1H3. The molecular weight excluding hydrogens is 390 g/mol. The van der Waals surface area contributed by atoms with Crippen LogP contribution >= 0.6 is 0 Å². The van der Waals surface area contributed by atoms with Crippen LogP contribution in [0, 0.1) is 0 Å². The Kier molecular flexibility index (Phi) is 4.87. The van der Waals surface area contributed by atoms with Gasteiger partial charge in [-0.25, -0.2) is 0 Å². The average molecular weight is 420 g/mol. The smallest absolute Gasteiger partial charge is 0.119 e. The van der Waals surface area contributed by atoms with Crippen molar-refractivity contribution in [3.05, 3.63) is 89.5 Å². The Labute approximate surface area is 190 Å². The van der Waals surface area contributed by atoms with Crippen molar-refractivity contribution >= 4 is 22.6 Å². The van der Waals surface area contributed by atoms with E-state index in [0.717, 1.165) is 12.3 Å². The predicted octanol–water partition coefficient (Wildman–Crippen LogP) is 7.92. The summed E-state index contributed by atoms with van der Waals surface area (Å²) in [6, 6.07) is 26.5. The predicted molar refractivity (Wildman–Crippen MR) is 134 cm³/mol. The van der Waals surface area contributed by atoms with Gasteiger partial charge in [-0.3, -0.25) is 0 Å². The number of ether oxygens (including phenoxy) is 1. The Morgan fingerprint density at radius 3 is 2.44 bits per heavy atom. The summed E-state index contributed by atoms with van der Waals surface area (Å²) in [5, 5.41) is 1.44. The zero-order chi connectivity index (χ0) is 21.5. The van der Waals surface area contributed by atoms with Crippen LogP contribution in [0.3, 0.4) is 0 Å². The summed E-state index contributed by atoms with van der Waals surface area (Å²) in [4.78, 5) is 0. The lowest BCUT2D eigenvalue weighted by Gasteiger charge is -2.24. The zero-order valence-corrected chi connectivity index (χ0v) is 18.7. The number of nitrogens with zero attached hydrogens (tertiary/aromatic N) is 1. The van der Waals surface area contributed by atoms with Crippen LogP contribution in [0.15, 0.2) is 72.8 Å². The number of benzene rings is 3. The molecule has 0 saturated heterocycles. The van der Waals surface area contributed by atoms with Crippen molar-refractivity contribution in [1.29, 1.82) is 0 Å². The first-order chi connectivity index (χ1) is 15.8. The van der Waals surface area contributed by atoms with Crippen LogP contribution in [0.25, 0.3) is 33.8 Å². The van der Waals surface area contributed by atoms with E-state index in [-0.39, 0.29) is 0 Å². The van der Waals surface area contributed by atoms with Crippen LogP contribution in [0.1, 0.15) is 54.7 Å². The van der Waals surface area contributed by atoms with Crippen molar-refractivity contribution in [3.63, 3.8) is 0 Å². The highest BCUT2D eigenvalue weighted by Crippen LogP contribution is 2.47. The van der Waals surface area contributed by atoms with Gasteiger partial charge >= 0.3 is 0 Å². The second-order valence-corrected chi connectivity index (χ2v) is 9.19. The van der Waals surface area contributed by atoms with Crippen LogP contribution in [0.5, 0.6) is 5.75 Å². The quantitative estimate of drug-likeness (QED) is 0.329. The minimum Gasteiger partial charge on any atom is -0.497 e. The SMILES string of the molecule is COc1ccc2c(c1)C=C(c1ccccc1)Cn1c-2c(C2CCCCC2)c2ccccc21. The fraction of sp³-hybridized carbons (Fsp3) is 0.267. The monoisotopic (exact) mass is 419 g/mol. The molecule has 0 bridgehead atoms. The molecule has 4 aromatic rings. The van der Waals surface area contributed by atoms with E-state index in [1.807, 2.05) is 0 Å². The Morgan fingerprint density at radius 1 is 0.844 bits per heavy atom. The van der Waals surface area contributed by atoms with Crippen LogP contribution in [-0.2, 0) is 6.54 Å². The maximum atomic E-state index is 5.62. The summed E-state index contributed by atoms with van der Waals surface area (Å²) in [7, 11) is 1.75. The molecule has 32 heavy (non-hydrogen) atoms. The van der Waals surface area contributed by atoms with E-state index >= 15 is 0 Å². The molecule has 0 N–H and O–H groups in total. The lowest BCUT2D eigenvalue weighted by atomic mass is 9.81. The summed E-state index contributed by atoms with van der Waals surface area (Å²) >= 11 is 0. The number of fused-ring (bicyclic) bond motifs is 5. The molecule has 1 saturated carbocycles. The summed E-state index contributed by atoms with van der Waals surface area (Å²) in [6.07, 6.45) is 9.02. The third-order valence-electron chi connectivity index (χ3n) is 7.34. The van der Waals surface area contributed by atoms with Gasteiger partial charge in [0, 0.05) is 23.0 Å². The highest BCUT2D eigenvalue weighted by molar-refractivity contribution is 5.98. The van der Waals surface area contributed by atoms with Gasteiger partial charge in [-0.05, 0) is 71.4 Å². The number of para-hydroxylation sites is 1. The van der Waals surface area contributed by atoms with Gasteiger partial charge in [-0.2, -0.15) is 0 Å². The first-order valence-electron chi connectivity index (χ1n) is 11.9. The largest absolute Gasteiger partial charge is 0.497 e. The third-order valence-corrected chi connectivity index (χ3v) is 7.34. The van der Waals surface area contributed by atoms with Crippen molar-refractivity contribution in [2.75, 3.05) is 7.11 Å². The molecule has 6 rings (SSSR count). The second-order valence-electron chi connectivity index (χ2n) is 9.19. The van der Waals surface area contributed by atoms with Gasteiger partial charge in [0.2, 0.25) is 0 Å². The summed E-state index contributed by atoms with van der Waals surface area (Å²) in [5.41, 5.74) is 9.54. The molecule has 2 heteroatoms. The molecule has 1 aromatic heterocycles. The Balaban J connectivity index is 1.66. The molecule has 1 aliphatic carbocycles.